The van der Waals surface area contributed by atoms with Gasteiger partial charge in [0.2, 0.25) is 5.91 Å². The number of carboxylic acid groups (broad SMARTS) is 1. The van der Waals surface area contributed by atoms with Crippen LogP contribution in [0.4, 0.5) is 0 Å². The van der Waals surface area contributed by atoms with E-state index < -0.39 is 5.97 Å². The van der Waals surface area contributed by atoms with E-state index in [2.05, 4.69) is 79.0 Å². The summed E-state index contributed by atoms with van der Waals surface area (Å²) in [6, 6.07) is 25.6. The normalized spacial score (nSPS) is 18.8. The first-order chi connectivity index (χ1) is 16.5. The average Bonchev–Trinajstić information content (AvgIpc) is 3.29. The molecule has 5 nitrogen and oxygen atoms in total. The minimum Gasteiger partial charge on any atom is -0.481 e. The van der Waals surface area contributed by atoms with Gasteiger partial charge in [-0.2, -0.15) is 0 Å². The van der Waals surface area contributed by atoms with Gasteiger partial charge in [0.05, 0.1) is 0 Å². The molecule has 3 atom stereocenters. The number of unbranched alkanes of at least 4 members (excludes halogenated alkanes) is 1. The van der Waals surface area contributed by atoms with Crippen molar-refractivity contribution < 1.29 is 14.7 Å². The van der Waals surface area contributed by atoms with E-state index in [0.717, 1.165) is 19.6 Å². The fraction of sp³-hybridized carbons (Fsp3) is 0.379. The van der Waals surface area contributed by atoms with Crippen molar-refractivity contribution in [2.24, 2.45) is 5.92 Å². The average molecular weight is 459 g/mol. The molecule has 2 N–H and O–H groups in total. The Kier molecular flexibility index (Phi) is 7.96. The molecule has 1 heterocycles. The number of likely N-dealkylation sites (tertiary alicyclic amines) is 1. The third-order valence-electron chi connectivity index (χ3n) is 7.03. The number of carbonyl (C=O) groups excluding carboxylic acids is 1. The Labute approximate surface area is 201 Å². The predicted octanol–water partition coefficient (Wildman–Crippen LogP) is 5.38. The van der Waals surface area contributed by atoms with Crippen LogP contribution in [-0.2, 0) is 9.59 Å². The van der Waals surface area contributed by atoms with Crippen LogP contribution in [0.5, 0.6) is 0 Å². The topological polar surface area (TPSA) is 69.6 Å². The Balaban J connectivity index is 1.42. The van der Waals surface area contributed by atoms with Gasteiger partial charge in [0, 0.05) is 44.4 Å². The third kappa shape index (κ3) is 5.84. The first-order valence-electron chi connectivity index (χ1n) is 12.3. The Morgan fingerprint density at radius 3 is 2.44 bits per heavy atom. The molecule has 0 bridgehead atoms. The van der Waals surface area contributed by atoms with E-state index >= 15 is 0 Å². The van der Waals surface area contributed by atoms with Crippen molar-refractivity contribution in [3.05, 3.63) is 83.9 Å². The van der Waals surface area contributed by atoms with Gasteiger partial charge < -0.3 is 15.3 Å². The zero-order valence-corrected chi connectivity index (χ0v) is 19.8. The molecule has 0 aliphatic carbocycles. The second-order valence-corrected chi connectivity index (χ2v) is 9.38. The molecule has 0 aromatic heterocycles. The second-order valence-electron chi connectivity index (χ2n) is 9.38. The quantitative estimate of drug-likeness (QED) is 0.400. The van der Waals surface area contributed by atoms with E-state index in [1.165, 1.54) is 21.9 Å². The largest absolute Gasteiger partial charge is 0.481 e. The highest BCUT2D eigenvalue weighted by atomic mass is 16.4. The molecule has 1 aliphatic heterocycles. The van der Waals surface area contributed by atoms with Crippen LogP contribution < -0.4 is 5.32 Å². The number of aliphatic carboxylic acids is 1. The van der Waals surface area contributed by atoms with Gasteiger partial charge in [0.1, 0.15) is 0 Å². The molecule has 0 radical (unpaired) electrons. The molecular weight excluding hydrogens is 424 g/mol. The fourth-order valence-electron chi connectivity index (χ4n) is 5.14. The first-order valence-corrected chi connectivity index (χ1v) is 12.3. The van der Waals surface area contributed by atoms with Crippen LogP contribution >= 0.6 is 0 Å². The molecule has 1 amide bonds. The molecule has 1 saturated heterocycles. The smallest absolute Gasteiger partial charge is 0.303 e. The van der Waals surface area contributed by atoms with E-state index in [1.807, 2.05) is 11.0 Å². The number of nitrogens with zero attached hydrogens (tertiary/aromatic N) is 1. The van der Waals surface area contributed by atoms with E-state index in [1.54, 1.807) is 0 Å². The fourth-order valence-corrected chi connectivity index (χ4v) is 5.14. The molecule has 34 heavy (non-hydrogen) atoms. The van der Waals surface area contributed by atoms with Crippen molar-refractivity contribution >= 4 is 22.6 Å². The van der Waals surface area contributed by atoms with Crippen LogP contribution in [0, 0.1) is 5.92 Å². The lowest BCUT2D eigenvalue weighted by Gasteiger charge is -2.23. The lowest BCUT2D eigenvalue weighted by molar-refractivity contribution is -0.137. The van der Waals surface area contributed by atoms with Crippen molar-refractivity contribution in [2.45, 2.75) is 44.6 Å². The summed E-state index contributed by atoms with van der Waals surface area (Å²) in [6.45, 7) is 4.48. The molecule has 4 rings (SSSR count). The van der Waals surface area contributed by atoms with Gasteiger partial charge in [-0.25, -0.2) is 0 Å². The third-order valence-corrected chi connectivity index (χ3v) is 7.03. The summed E-state index contributed by atoms with van der Waals surface area (Å²) in [6.07, 6.45) is 1.71. The maximum Gasteiger partial charge on any atom is 0.303 e. The highest BCUT2D eigenvalue weighted by Gasteiger charge is 2.35. The van der Waals surface area contributed by atoms with Crippen molar-refractivity contribution in [3.8, 4) is 0 Å². The maximum absolute atomic E-state index is 12.9. The Morgan fingerprint density at radius 1 is 0.941 bits per heavy atom. The van der Waals surface area contributed by atoms with Crippen LogP contribution in [0.15, 0.2) is 72.8 Å². The van der Waals surface area contributed by atoms with Crippen LogP contribution in [0.3, 0.4) is 0 Å². The molecule has 3 aromatic carbocycles. The molecule has 3 aromatic rings. The van der Waals surface area contributed by atoms with Gasteiger partial charge in [0.25, 0.3) is 0 Å². The van der Waals surface area contributed by atoms with Gasteiger partial charge in [-0.05, 0) is 47.6 Å². The predicted molar refractivity (Wildman–Crippen MR) is 136 cm³/mol. The van der Waals surface area contributed by atoms with Crippen molar-refractivity contribution in [3.63, 3.8) is 0 Å². The lowest BCUT2D eigenvalue weighted by atomic mass is 9.88. The zero-order chi connectivity index (χ0) is 23.9. The minimum absolute atomic E-state index is 0.124. The minimum atomic E-state index is -0.802. The van der Waals surface area contributed by atoms with Gasteiger partial charge >= 0.3 is 5.97 Å². The van der Waals surface area contributed by atoms with Crippen molar-refractivity contribution in [1.82, 2.24) is 10.2 Å². The standard InChI is InChI=1S/C29H34N2O3/c1-21(25-15-9-13-22-12-5-6-14-26(22)25)30-18-24-19-31(28(32)16-7-8-17-29(33)34)20-27(24)23-10-3-2-4-11-23/h2-6,9-15,21,24,27,30H,7-8,16-20H2,1H3,(H,33,34)/t21-,24-,27-/m1/s1. The highest BCUT2D eigenvalue weighted by molar-refractivity contribution is 5.86. The van der Waals surface area contributed by atoms with Gasteiger partial charge in [-0.15, -0.1) is 0 Å². The Morgan fingerprint density at radius 2 is 1.65 bits per heavy atom. The number of hydrogen-bond donors (Lipinski definition) is 2. The lowest BCUT2D eigenvalue weighted by Crippen LogP contribution is -2.31. The van der Waals surface area contributed by atoms with Gasteiger partial charge in [0.15, 0.2) is 0 Å². The van der Waals surface area contributed by atoms with E-state index in [-0.39, 0.29) is 24.3 Å². The molecule has 5 heteroatoms. The molecule has 0 spiro atoms. The number of benzene rings is 3. The molecular formula is C29H34N2O3. The van der Waals surface area contributed by atoms with Crippen LogP contribution in [0.2, 0.25) is 0 Å². The van der Waals surface area contributed by atoms with Crippen molar-refractivity contribution in [1.29, 1.82) is 0 Å². The second kappa shape index (κ2) is 11.3. The molecule has 1 aliphatic rings. The van der Waals surface area contributed by atoms with E-state index in [9.17, 15) is 9.59 Å². The summed E-state index contributed by atoms with van der Waals surface area (Å²) >= 11 is 0. The number of carbonyl (C=O) groups is 2. The summed E-state index contributed by atoms with van der Waals surface area (Å²) in [5.74, 6) is -0.0562. The zero-order valence-electron chi connectivity index (χ0n) is 19.8. The maximum atomic E-state index is 12.9. The number of fused-ring (bicyclic) bond motifs is 1. The number of nitrogens with one attached hydrogen (secondary N) is 1. The van der Waals surface area contributed by atoms with E-state index in [0.29, 0.717) is 25.2 Å². The number of rotatable bonds is 10. The number of hydrogen-bond acceptors (Lipinski definition) is 3. The summed E-state index contributed by atoms with van der Waals surface area (Å²) < 4.78 is 0. The molecule has 1 fully saturated rings. The monoisotopic (exact) mass is 458 g/mol. The number of carboxylic acids is 1. The van der Waals surface area contributed by atoms with Crippen LogP contribution in [0.1, 0.15) is 55.7 Å². The molecule has 178 valence electrons. The van der Waals surface area contributed by atoms with Crippen LogP contribution in [0.25, 0.3) is 10.8 Å². The van der Waals surface area contributed by atoms with Crippen molar-refractivity contribution in [2.75, 3.05) is 19.6 Å². The molecule has 0 saturated carbocycles. The first kappa shape index (κ1) is 24.0. The van der Waals surface area contributed by atoms with Gasteiger partial charge in [-0.1, -0.05) is 72.8 Å². The Hall–Kier alpha value is -3.18. The van der Waals surface area contributed by atoms with Crippen LogP contribution in [-0.4, -0.2) is 41.5 Å². The SMILES string of the molecule is C[C@@H](NC[C@@H]1CN(C(=O)CCCCC(=O)O)C[C@@H]1c1ccccc1)c1cccc2ccccc12. The highest BCUT2D eigenvalue weighted by Crippen LogP contribution is 2.33. The summed E-state index contributed by atoms with van der Waals surface area (Å²) in [4.78, 5) is 25.6. The summed E-state index contributed by atoms with van der Waals surface area (Å²) in [5, 5.41) is 15.1. The molecule has 0 unspecified atom stereocenters. The van der Waals surface area contributed by atoms with E-state index in [4.69, 9.17) is 5.11 Å². The number of amides is 1. The Bertz CT molecular complexity index is 1110. The summed E-state index contributed by atoms with van der Waals surface area (Å²) in [7, 11) is 0. The summed E-state index contributed by atoms with van der Waals surface area (Å²) in [5.41, 5.74) is 2.56. The van der Waals surface area contributed by atoms with Gasteiger partial charge in [-0.3, -0.25) is 9.59 Å².